The zero-order valence-corrected chi connectivity index (χ0v) is 12.7. The molecule has 0 bridgehead atoms. The Kier molecular flexibility index (Phi) is 5.30. The maximum absolute atomic E-state index is 6.16. The van der Waals surface area contributed by atoms with E-state index in [1.54, 1.807) is 0 Å². The van der Waals surface area contributed by atoms with Crippen LogP contribution in [0.5, 0.6) is 5.75 Å². The Bertz CT molecular complexity index is 554. The molecule has 0 aliphatic carbocycles. The third-order valence-corrected chi connectivity index (χ3v) is 3.24. The fourth-order valence-electron chi connectivity index (χ4n) is 2.02. The third-order valence-electron chi connectivity index (χ3n) is 2.95. The summed E-state index contributed by atoms with van der Waals surface area (Å²) in [5, 5.41) is 3.95. The summed E-state index contributed by atoms with van der Waals surface area (Å²) in [7, 11) is 0. The predicted octanol–water partition coefficient (Wildman–Crippen LogP) is 3.96. The molecule has 0 aliphatic rings. The summed E-state index contributed by atoms with van der Waals surface area (Å²) in [5.74, 6) is 1.74. The highest BCUT2D eigenvalue weighted by molar-refractivity contribution is 6.32. The van der Waals surface area contributed by atoms with E-state index < -0.39 is 0 Å². The van der Waals surface area contributed by atoms with Crippen LogP contribution in [0.2, 0.25) is 5.02 Å². The van der Waals surface area contributed by atoms with Crippen molar-refractivity contribution in [3.8, 4) is 5.75 Å². The Morgan fingerprint density at radius 1 is 1.35 bits per heavy atom. The van der Waals surface area contributed by atoms with Crippen molar-refractivity contribution in [2.75, 3.05) is 11.9 Å². The first-order valence-corrected chi connectivity index (χ1v) is 7.28. The van der Waals surface area contributed by atoms with Gasteiger partial charge in [-0.2, -0.15) is 0 Å². The van der Waals surface area contributed by atoms with Crippen LogP contribution in [0, 0.1) is 0 Å². The van der Waals surface area contributed by atoms with Crippen LogP contribution in [0.4, 0.5) is 5.69 Å². The van der Waals surface area contributed by atoms with Gasteiger partial charge in [0.25, 0.3) is 0 Å². The molecule has 0 radical (unpaired) electrons. The van der Waals surface area contributed by atoms with E-state index in [1.807, 2.05) is 37.5 Å². The largest absolute Gasteiger partial charge is 0.492 e. The summed E-state index contributed by atoms with van der Waals surface area (Å²) in [6, 6.07) is 5.72. The Morgan fingerprint density at radius 3 is 2.90 bits per heavy atom. The number of imidazole rings is 1. The van der Waals surface area contributed by atoms with Gasteiger partial charge in [-0.05, 0) is 31.5 Å². The normalized spacial score (nSPS) is 10.6. The van der Waals surface area contributed by atoms with Crippen molar-refractivity contribution in [2.24, 2.45) is 0 Å². The number of nitrogens with one attached hydrogen (secondary N) is 1. The highest BCUT2D eigenvalue weighted by Gasteiger charge is 2.05. The van der Waals surface area contributed by atoms with Gasteiger partial charge in [0.15, 0.2) is 0 Å². The third kappa shape index (κ3) is 3.67. The quantitative estimate of drug-likeness (QED) is 0.840. The van der Waals surface area contributed by atoms with Gasteiger partial charge in [-0.1, -0.05) is 18.5 Å². The molecule has 0 fully saturated rings. The molecular weight excluding hydrogens is 274 g/mol. The minimum absolute atomic E-state index is 0.612. The average Bonchev–Trinajstić information content (AvgIpc) is 2.87. The van der Waals surface area contributed by atoms with Crippen molar-refractivity contribution in [3.05, 3.63) is 41.4 Å². The molecule has 0 saturated carbocycles. The summed E-state index contributed by atoms with van der Waals surface area (Å²) < 4.78 is 7.57. The molecule has 5 heteroatoms. The molecule has 0 unspecified atom stereocenters. The van der Waals surface area contributed by atoms with Gasteiger partial charge in [0.05, 0.1) is 18.2 Å². The fourth-order valence-corrected chi connectivity index (χ4v) is 2.25. The highest BCUT2D eigenvalue weighted by atomic mass is 35.5. The molecule has 0 atom stereocenters. The molecule has 0 amide bonds. The van der Waals surface area contributed by atoms with Crippen molar-refractivity contribution in [3.63, 3.8) is 0 Å². The molecule has 1 aromatic heterocycles. The van der Waals surface area contributed by atoms with Crippen LogP contribution >= 0.6 is 11.6 Å². The minimum Gasteiger partial charge on any atom is -0.492 e. The smallest absolute Gasteiger partial charge is 0.138 e. The first kappa shape index (κ1) is 14.7. The second kappa shape index (κ2) is 7.20. The maximum Gasteiger partial charge on any atom is 0.138 e. The van der Waals surface area contributed by atoms with E-state index in [-0.39, 0.29) is 0 Å². The van der Waals surface area contributed by atoms with Crippen LogP contribution in [-0.2, 0) is 13.1 Å². The van der Waals surface area contributed by atoms with Crippen molar-refractivity contribution in [1.29, 1.82) is 0 Å². The SMILES string of the molecule is CCCn1ccnc1CNc1ccc(OCC)c(Cl)c1. The van der Waals surface area contributed by atoms with Gasteiger partial charge < -0.3 is 14.6 Å². The molecule has 1 N–H and O–H groups in total. The number of nitrogens with zero attached hydrogens (tertiary/aromatic N) is 2. The lowest BCUT2D eigenvalue weighted by Crippen LogP contribution is -2.08. The summed E-state index contributed by atoms with van der Waals surface area (Å²) in [5.41, 5.74) is 0.963. The lowest BCUT2D eigenvalue weighted by molar-refractivity contribution is 0.340. The molecule has 0 spiro atoms. The first-order chi connectivity index (χ1) is 9.74. The van der Waals surface area contributed by atoms with E-state index in [2.05, 4.69) is 21.8 Å². The molecule has 0 saturated heterocycles. The Morgan fingerprint density at radius 2 is 2.20 bits per heavy atom. The van der Waals surface area contributed by atoms with Crippen molar-refractivity contribution in [1.82, 2.24) is 9.55 Å². The van der Waals surface area contributed by atoms with Gasteiger partial charge in [-0.3, -0.25) is 0 Å². The minimum atomic E-state index is 0.612. The first-order valence-electron chi connectivity index (χ1n) is 6.90. The second-order valence-electron chi connectivity index (χ2n) is 4.47. The molecule has 1 aromatic carbocycles. The number of aryl methyl sites for hydroxylation is 1. The standard InChI is InChI=1S/C15H20ClN3O/c1-3-8-19-9-7-17-15(19)11-18-12-5-6-14(20-4-2)13(16)10-12/h5-7,9-10,18H,3-4,8,11H2,1-2H3. The van der Waals surface area contributed by atoms with Crippen LogP contribution in [0.15, 0.2) is 30.6 Å². The molecule has 2 aromatic rings. The number of ether oxygens (including phenoxy) is 1. The number of benzene rings is 1. The number of hydrogen-bond acceptors (Lipinski definition) is 3. The molecule has 2 rings (SSSR count). The maximum atomic E-state index is 6.16. The topological polar surface area (TPSA) is 39.1 Å². The average molecular weight is 294 g/mol. The molecular formula is C15H20ClN3O. The summed E-state index contributed by atoms with van der Waals surface area (Å²) in [4.78, 5) is 4.36. The number of rotatable bonds is 7. The lowest BCUT2D eigenvalue weighted by Gasteiger charge is -2.11. The monoisotopic (exact) mass is 293 g/mol. The van der Waals surface area contributed by atoms with Gasteiger partial charge in [0.2, 0.25) is 0 Å². The highest BCUT2D eigenvalue weighted by Crippen LogP contribution is 2.27. The summed E-state index contributed by atoms with van der Waals surface area (Å²) >= 11 is 6.16. The van der Waals surface area contributed by atoms with Crippen molar-refractivity contribution < 1.29 is 4.74 Å². The predicted molar refractivity (Wildman–Crippen MR) is 82.5 cm³/mol. The number of aromatic nitrogens is 2. The van der Waals surface area contributed by atoms with Crippen molar-refractivity contribution >= 4 is 17.3 Å². The van der Waals surface area contributed by atoms with Crippen LogP contribution in [0.3, 0.4) is 0 Å². The number of anilines is 1. The molecule has 108 valence electrons. The summed E-state index contributed by atoms with van der Waals surface area (Å²) in [6.07, 6.45) is 4.93. The molecule has 1 heterocycles. The molecule has 4 nitrogen and oxygen atoms in total. The Balaban J connectivity index is 2.00. The van der Waals surface area contributed by atoms with Gasteiger partial charge in [-0.25, -0.2) is 4.98 Å². The van der Waals surface area contributed by atoms with Gasteiger partial charge in [-0.15, -0.1) is 0 Å². The zero-order valence-electron chi connectivity index (χ0n) is 11.9. The van der Waals surface area contributed by atoms with Crippen LogP contribution in [0.25, 0.3) is 0 Å². The van der Waals surface area contributed by atoms with Crippen LogP contribution < -0.4 is 10.1 Å². The van der Waals surface area contributed by atoms with E-state index in [4.69, 9.17) is 16.3 Å². The molecule has 0 aliphatic heterocycles. The van der Waals surface area contributed by atoms with E-state index in [9.17, 15) is 0 Å². The van der Waals surface area contributed by atoms with E-state index in [1.165, 1.54) is 0 Å². The Labute approximate surface area is 124 Å². The molecule has 20 heavy (non-hydrogen) atoms. The van der Waals surface area contributed by atoms with E-state index >= 15 is 0 Å². The van der Waals surface area contributed by atoms with E-state index in [0.29, 0.717) is 23.9 Å². The van der Waals surface area contributed by atoms with Crippen LogP contribution in [-0.4, -0.2) is 16.2 Å². The Hall–Kier alpha value is -1.68. The summed E-state index contributed by atoms with van der Waals surface area (Å²) in [6.45, 7) is 6.37. The van der Waals surface area contributed by atoms with Gasteiger partial charge in [0.1, 0.15) is 11.6 Å². The lowest BCUT2D eigenvalue weighted by atomic mass is 10.3. The van der Waals surface area contributed by atoms with Gasteiger partial charge in [0, 0.05) is 24.6 Å². The van der Waals surface area contributed by atoms with E-state index in [0.717, 1.165) is 24.5 Å². The van der Waals surface area contributed by atoms with Crippen LogP contribution in [0.1, 0.15) is 26.1 Å². The van der Waals surface area contributed by atoms with Gasteiger partial charge >= 0.3 is 0 Å². The van der Waals surface area contributed by atoms with Crippen molar-refractivity contribution in [2.45, 2.75) is 33.4 Å². The fraction of sp³-hybridized carbons (Fsp3) is 0.400. The second-order valence-corrected chi connectivity index (χ2v) is 4.88. The number of halogens is 1. The zero-order chi connectivity index (χ0) is 14.4. The number of hydrogen-bond donors (Lipinski definition) is 1.